The van der Waals surface area contributed by atoms with Gasteiger partial charge in [0.25, 0.3) is 6.20 Å². The molecule has 0 bridgehead atoms. The molecule has 2 heterocycles. The predicted molar refractivity (Wildman–Crippen MR) is 104 cm³/mol. The maximum absolute atomic E-state index is 10.6. The minimum absolute atomic E-state index is 0.409. The van der Waals surface area contributed by atoms with Crippen LogP contribution in [0.2, 0.25) is 0 Å². The molecule has 1 aromatic rings. The molecule has 0 unspecified atom stereocenters. The summed E-state index contributed by atoms with van der Waals surface area (Å²) in [6.07, 6.45) is 5.21. The Labute approximate surface area is 156 Å². The van der Waals surface area contributed by atoms with Crippen molar-refractivity contribution < 1.29 is 4.92 Å². The van der Waals surface area contributed by atoms with Gasteiger partial charge in [-0.25, -0.2) is 4.98 Å². The summed E-state index contributed by atoms with van der Waals surface area (Å²) in [6, 6.07) is 0. The first-order chi connectivity index (χ1) is 12.2. The first-order valence-corrected chi connectivity index (χ1v) is 10.4. The summed E-state index contributed by atoms with van der Waals surface area (Å²) in [6.45, 7) is 8.08. The second-order valence-electron chi connectivity index (χ2n) is 5.69. The second kappa shape index (κ2) is 11.1. The predicted octanol–water partition coefficient (Wildman–Crippen LogP) is 2.41. The highest BCUT2D eigenvalue weighted by Crippen LogP contribution is 2.19. The maximum Gasteiger partial charge on any atom is 0.274 e. The Morgan fingerprint density at radius 2 is 2.28 bits per heavy atom. The van der Waals surface area contributed by atoms with Crippen LogP contribution in [0.3, 0.4) is 0 Å². The van der Waals surface area contributed by atoms with Gasteiger partial charge >= 0.3 is 0 Å². The molecule has 0 aliphatic carbocycles. The molecular formula is C16H25N5O2S2. The van der Waals surface area contributed by atoms with Crippen LogP contribution in [0.5, 0.6) is 0 Å². The number of likely N-dealkylation sites (tertiary alicyclic amines) is 1. The van der Waals surface area contributed by atoms with Gasteiger partial charge in [-0.05, 0) is 25.9 Å². The molecule has 9 heteroatoms. The molecule has 25 heavy (non-hydrogen) atoms. The van der Waals surface area contributed by atoms with E-state index in [1.807, 2.05) is 0 Å². The Morgan fingerprint density at radius 3 is 3.00 bits per heavy atom. The van der Waals surface area contributed by atoms with Crippen LogP contribution in [0.25, 0.3) is 0 Å². The van der Waals surface area contributed by atoms with Gasteiger partial charge in [-0.15, -0.1) is 17.9 Å². The summed E-state index contributed by atoms with van der Waals surface area (Å²) in [5.41, 5.74) is 1.12. The van der Waals surface area contributed by atoms with Crippen molar-refractivity contribution in [3.63, 3.8) is 0 Å². The van der Waals surface area contributed by atoms with Crippen molar-refractivity contribution in [3.8, 4) is 0 Å². The highest BCUT2D eigenvalue weighted by Gasteiger charge is 2.13. The van der Waals surface area contributed by atoms with Crippen molar-refractivity contribution in [2.75, 3.05) is 31.9 Å². The zero-order valence-electron chi connectivity index (χ0n) is 14.3. The highest BCUT2D eigenvalue weighted by molar-refractivity contribution is 7.98. The van der Waals surface area contributed by atoms with Crippen molar-refractivity contribution in [2.45, 2.75) is 25.1 Å². The monoisotopic (exact) mass is 383 g/mol. The van der Waals surface area contributed by atoms with Gasteiger partial charge in [-0.2, -0.15) is 11.8 Å². The Morgan fingerprint density at radius 1 is 1.48 bits per heavy atom. The molecule has 1 aliphatic heterocycles. The van der Waals surface area contributed by atoms with E-state index in [1.165, 1.54) is 30.9 Å². The Hall–Kier alpha value is -1.58. The maximum atomic E-state index is 10.6. The third kappa shape index (κ3) is 7.89. The van der Waals surface area contributed by atoms with Crippen LogP contribution in [0.1, 0.15) is 23.5 Å². The Balaban J connectivity index is 1.64. The lowest BCUT2D eigenvalue weighted by Gasteiger charge is -2.11. The summed E-state index contributed by atoms with van der Waals surface area (Å²) >= 11 is 3.51. The number of aromatic nitrogens is 1. The summed E-state index contributed by atoms with van der Waals surface area (Å²) in [5, 5.41) is 19.9. The van der Waals surface area contributed by atoms with E-state index in [4.69, 9.17) is 4.98 Å². The minimum Gasteiger partial charge on any atom is -0.366 e. The molecule has 1 aliphatic rings. The molecule has 2 N–H and O–H groups in total. The van der Waals surface area contributed by atoms with Crippen molar-refractivity contribution in [1.29, 1.82) is 0 Å². The van der Waals surface area contributed by atoms with Crippen molar-refractivity contribution >= 4 is 23.1 Å². The lowest BCUT2D eigenvalue weighted by molar-refractivity contribution is -0.404. The Kier molecular flexibility index (Phi) is 8.78. The topological polar surface area (TPSA) is 83.3 Å². The van der Waals surface area contributed by atoms with E-state index in [9.17, 15) is 10.1 Å². The number of thiazole rings is 1. The average molecular weight is 384 g/mol. The molecule has 0 spiro atoms. The molecule has 0 radical (unpaired) electrons. The van der Waals surface area contributed by atoms with E-state index >= 15 is 0 Å². The van der Waals surface area contributed by atoms with E-state index in [2.05, 4.69) is 27.5 Å². The van der Waals surface area contributed by atoms with Gasteiger partial charge in [-0.1, -0.05) is 6.08 Å². The number of nitro groups is 1. The van der Waals surface area contributed by atoms with Crippen LogP contribution in [-0.4, -0.2) is 46.7 Å². The van der Waals surface area contributed by atoms with Crippen molar-refractivity contribution in [1.82, 2.24) is 20.5 Å². The summed E-state index contributed by atoms with van der Waals surface area (Å²) in [4.78, 5) is 17.3. The molecule has 0 atom stereocenters. The zero-order chi connectivity index (χ0) is 17.9. The van der Waals surface area contributed by atoms with E-state index in [0.29, 0.717) is 18.9 Å². The number of nitrogens with zero attached hydrogens (tertiary/aromatic N) is 3. The van der Waals surface area contributed by atoms with Crippen LogP contribution in [0.15, 0.2) is 30.1 Å². The fourth-order valence-electron chi connectivity index (χ4n) is 2.50. The minimum atomic E-state index is -0.470. The quantitative estimate of drug-likeness (QED) is 0.248. The molecule has 1 fully saturated rings. The SMILES string of the molecule is C=CCNC(=C[N+](=O)[O-])NCCSCc1csc(CN2CCCC2)n1. The van der Waals surface area contributed by atoms with Crippen molar-refractivity contribution in [2.24, 2.45) is 0 Å². The smallest absolute Gasteiger partial charge is 0.274 e. The highest BCUT2D eigenvalue weighted by atomic mass is 32.2. The molecule has 138 valence electrons. The van der Waals surface area contributed by atoms with Gasteiger partial charge in [-0.3, -0.25) is 15.0 Å². The van der Waals surface area contributed by atoms with Crippen LogP contribution in [0, 0.1) is 10.1 Å². The number of thioether (sulfide) groups is 1. The fourth-order valence-corrected chi connectivity index (χ4v) is 4.18. The zero-order valence-corrected chi connectivity index (χ0v) is 15.9. The normalized spacial score (nSPS) is 15.3. The fraction of sp³-hybridized carbons (Fsp3) is 0.562. The van der Waals surface area contributed by atoms with E-state index in [1.54, 1.807) is 29.2 Å². The molecule has 0 amide bonds. The molecule has 0 saturated carbocycles. The standard InChI is InChI=1S/C16H25N5O2S2/c1-2-5-17-15(10-21(22)23)18-6-9-24-12-14-13-25-16(19-14)11-20-7-3-4-8-20/h2,10,13,17-18H,1,3-9,11-12H2. The van der Waals surface area contributed by atoms with E-state index in [0.717, 1.165) is 29.9 Å². The summed E-state index contributed by atoms with van der Waals surface area (Å²) in [5.74, 6) is 2.13. The van der Waals surface area contributed by atoms with Gasteiger partial charge in [0, 0.05) is 30.0 Å². The van der Waals surface area contributed by atoms with E-state index < -0.39 is 4.92 Å². The van der Waals surface area contributed by atoms with Gasteiger partial charge in [0.15, 0.2) is 5.82 Å². The molecular weight excluding hydrogens is 358 g/mol. The third-order valence-corrected chi connectivity index (χ3v) is 5.52. The Bertz CT molecular complexity index is 585. The average Bonchev–Trinajstić information content (AvgIpc) is 3.24. The molecule has 1 saturated heterocycles. The largest absolute Gasteiger partial charge is 0.366 e. The number of nitrogens with one attached hydrogen (secondary N) is 2. The van der Waals surface area contributed by atoms with Crippen LogP contribution in [-0.2, 0) is 12.3 Å². The first kappa shape index (κ1) is 19.7. The lowest BCUT2D eigenvalue weighted by Crippen LogP contribution is -2.29. The number of hydrogen-bond acceptors (Lipinski definition) is 8. The molecule has 2 rings (SSSR count). The van der Waals surface area contributed by atoms with Crippen molar-refractivity contribution in [3.05, 3.63) is 50.9 Å². The summed E-state index contributed by atoms with van der Waals surface area (Å²) in [7, 11) is 0. The summed E-state index contributed by atoms with van der Waals surface area (Å²) < 4.78 is 0. The number of hydrogen-bond donors (Lipinski definition) is 2. The van der Waals surface area contributed by atoms with E-state index in [-0.39, 0.29) is 0 Å². The third-order valence-electron chi connectivity index (χ3n) is 3.64. The molecule has 1 aromatic heterocycles. The molecule has 7 nitrogen and oxygen atoms in total. The first-order valence-electron chi connectivity index (χ1n) is 8.34. The van der Waals surface area contributed by atoms with Gasteiger partial charge in [0.1, 0.15) is 5.01 Å². The van der Waals surface area contributed by atoms with Crippen LogP contribution in [0.4, 0.5) is 0 Å². The van der Waals surface area contributed by atoms with Gasteiger partial charge < -0.3 is 10.6 Å². The lowest BCUT2D eigenvalue weighted by atomic mass is 10.4. The second-order valence-corrected chi connectivity index (χ2v) is 7.74. The van der Waals surface area contributed by atoms with Gasteiger partial charge in [0.05, 0.1) is 17.2 Å². The number of rotatable bonds is 12. The molecule has 0 aromatic carbocycles. The van der Waals surface area contributed by atoms with Crippen LogP contribution < -0.4 is 10.6 Å². The van der Waals surface area contributed by atoms with Crippen LogP contribution >= 0.6 is 23.1 Å². The van der Waals surface area contributed by atoms with Gasteiger partial charge in [0.2, 0.25) is 0 Å².